The smallest absolute Gasteiger partial charge is 0.373 e. The maximum absolute atomic E-state index is 10.6. The Morgan fingerprint density at radius 1 is 1.37 bits per heavy atom. The topological polar surface area (TPSA) is 74.7 Å². The number of aliphatic carboxylic acids is 1. The Bertz CT molecular complexity index is 358. The molecule has 3 aliphatic carbocycles. The molecule has 3 atom stereocenters. The zero-order valence-electron chi connectivity index (χ0n) is 11.9. The van der Waals surface area contributed by atoms with Gasteiger partial charge in [0.05, 0.1) is 6.54 Å². The van der Waals surface area contributed by atoms with Gasteiger partial charge in [-0.15, -0.1) is 0 Å². The molecule has 5 nitrogen and oxygen atoms in total. The first kappa shape index (κ1) is 15.9. The van der Waals surface area contributed by atoms with Gasteiger partial charge in [0.15, 0.2) is 0 Å². The fraction of sp³-hybridized carbons (Fsp3) is 0.857. The van der Waals surface area contributed by atoms with E-state index in [0.717, 1.165) is 18.4 Å². The van der Waals surface area contributed by atoms with Crippen LogP contribution in [0.1, 0.15) is 33.1 Å². The quantitative estimate of drug-likeness (QED) is 0.837. The molecule has 0 saturated heterocycles. The van der Waals surface area contributed by atoms with Gasteiger partial charge in [-0.25, -0.2) is 0 Å². The molecule has 3 rings (SSSR count). The fourth-order valence-electron chi connectivity index (χ4n) is 3.88. The number of rotatable bonds is 4. The van der Waals surface area contributed by atoms with Gasteiger partial charge in [0.25, 0.3) is 0 Å². The zero-order chi connectivity index (χ0) is 14.6. The third-order valence-corrected chi connectivity index (χ3v) is 4.95. The van der Waals surface area contributed by atoms with Gasteiger partial charge in [-0.05, 0) is 49.5 Å². The molecule has 0 aromatic heterocycles. The van der Waals surface area contributed by atoms with E-state index < -0.39 is 5.97 Å². The van der Waals surface area contributed by atoms with E-state index in [2.05, 4.69) is 13.8 Å². The second kappa shape index (κ2) is 6.31. The molecule has 0 aliphatic heterocycles. The minimum Gasteiger partial charge on any atom is -0.480 e. The first-order valence-electron chi connectivity index (χ1n) is 6.72. The number of likely N-dealkylation sites (N-methyl/N-ethyl adjacent to an activating group) is 1. The van der Waals surface area contributed by atoms with Crippen molar-refractivity contribution in [2.75, 3.05) is 20.1 Å². The van der Waals surface area contributed by atoms with Crippen molar-refractivity contribution < 1.29 is 19.5 Å². The average Bonchev–Trinajstić information content (AvgIpc) is 2.28. The van der Waals surface area contributed by atoms with Crippen molar-refractivity contribution in [3.63, 3.8) is 0 Å². The lowest BCUT2D eigenvalue weighted by Crippen LogP contribution is -2.54. The van der Waals surface area contributed by atoms with Crippen molar-refractivity contribution in [2.45, 2.75) is 33.1 Å². The number of hydrogen-bond acceptors (Lipinski definition) is 4. The van der Waals surface area contributed by atoms with Crippen LogP contribution in [0.25, 0.3) is 0 Å². The predicted octanol–water partition coefficient (Wildman–Crippen LogP) is 1.49. The molecule has 5 heteroatoms. The molecule has 0 spiro atoms. The molecule has 1 N–H and O–H groups in total. The molecule has 1 unspecified atom stereocenters. The van der Waals surface area contributed by atoms with E-state index in [1.807, 2.05) is 11.9 Å². The van der Waals surface area contributed by atoms with Crippen LogP contribution in [0.5, 0.6) is 0 Å². The standard InChI is InChI=1S/C13H23NO2.CO2/c1-13(2)10-5-4-9(11(13)6-10)7-14(3)8-12(15)16;2-1-3/h9-11H,4-8H2,1-3H3,(H,15,16);/t9-,10-,11?;/m1./s1. The van der Waals surface area contributed by atoms with Gasteiger partial charge in [-0.1, -0.05) is 13.8 Å². The third kappa shape index (κ3) is 3.64. The van der Waals surface area contributed by atoms with E-state index in [9.17, 15) is 4.79 Å². The Hall–Kier alpha value is -1.19. The van der Waals surface area contributed by atoms with Crippen LogP contribution in [0.3, 0.4) is 0 Å². The number of hydrogen-bond donors (Lipinski definition) is 1. The second-order valence-electron chi connectivity index (χ2n) is 6.37. The van der Waals surface area contributed by atoms with Gasteiger partial charge in [-0.3, -0.25) is 9.69 Å². The lowest BCUT2D eigenvalue weighted by atomic mass is 9.45. The Balaban J connectivity index is 0.000000550. The minimum atomic E-state index is -0.718. The van der Waals surface area contributed by atoms with Gasteiger partial charge in [0.1, 0.15) is 0 Å². The highest BCUT2D eigenvalue weighted by molar-refractivity contribution is 5.68. The summed E-state index contributed by atoms with van der Waals surface area (Å²) in [7, 11) is 1.92. The van der Waals surface area contributed by atoms with E-state index in [1.165, 1.54) is 19.3 Å². The lowest BCUT2D eigenvalue weighted by Gasteiger charge is -2.60. The Labute approximate surface area is 114 Å². The summed E-state index contributed by atoms with van der Waals surface area (Å²) in [5, 5.41) is 8.75. The summed E-state index contributed by atoms with van der Waals surface area (Å²) in [5.74, 6) is 1.74. The van der Waals surface area contributed by atoms with Crippen LogP contribution in [-0.4, -0.2) is 42.3 Å². The van der Waals surface area contributed by atoms with E-state index in [0.29, 0.717) is 11.3 Å². The normalized spacial score (nSPS) is 30.6. The van der Waals surface area contributed by atoms with Crippen LogP contribution in [0, 0.1) is 23.2 Å². The van der Waals surface area contributed by atoms with E-state index >= 15 is 0 Å². The second-order valence-corrected chi connectivity index (χ2v) is 6.37. The first-order chi connectivity index (χ1) is 8.82. The molecule has 3 fully saturated rings. The monoisotopic (exact) mass is 269 g/mol. The molecular formula is C14H23NO4. The molecular weight excluding hydrogens is 246 g/mol. The van der Waals surface area contributed by atoms with Gasteiger partial charge in [0, 0.05) is 6.54 Å². The number of fused-ring (bicyclic) bond motifs is 2. The summed E-state index contributed by atoms with van der Waals surface area (Å²) in [4.78, 5) is 28.8. The third-order valence-electron chi connectivity index (χ3n) is 4.95. The molecule has 19 heavy (non-hydrogen) atoms. The predicted molar refractivity (Wildman–Crippen MR) is 68.2 cm³/mol. The van der Waals surface area contributed by atoms with E-state index in [4.69, 9.17) is 14.7 Å². The molecule has 0 radical (unpaired) electrons. The van der Waals surface area contributed by atoms with Crippen LogP contribution in [0.15, 0.2) is 0 Å². The maximum atomic E-state index is 10.6. The van der Waals surface area contributed by atoms with Crippen LogP contribution < -0.4 is 0 Å². The lowest BCUT2D eigenvalue weighted by molar-refractivity contribution is -0.191. The number of carboxylic acids is 1. The van der Waals surface area contributed by atoms with Crippen LogP contribution in [0.2, 0.25) is 0 Å². The Kier molecular flexibility index (Phi) is 5.27. The first-order valence-corrected chi connectivity index (χ1v) is 6.72. The highest BCUT2D eigenvalue weighted by Crippen LogP contribution is 2.61. The highest BCUT2D eigenvalue weighted by atomic mass is 16.4. The van der Waals surface area contributed by atoms with Gasteiger partial charge >= 0.3 is 12.1 Å². The van der Waals surface area contributed by atoms with Crippen molar-refractivity contribution in [1.82, 2.24) is 4.90 Å². The van der Waals surface area contributed by atoms with Gasteiger partial charge in [-0.2, -0.15) is 9.59 Å². The fourth-order valence-corrected chi connectivity index (χ4v) is 3.88. The minimum absolute atomic E-state index is 0.174. The van der Waals surface area contributed by atoms with Crippen LogP contribution in [-0.2, 0) is 14.4 Å². The SMILES string of the molecule is CN(CC(=O)O)C[C@H]1CC[C@@H]2CC1C2(C)C.O=C=O. The van der Waals surface area contributed by atoms with E-state index in [1.54, 1.807) is 0 Å². The molecule has 3 aliphatic rings. The molecule has 2 bridgehead atoms. The highest BCUT2D eigenvalue weighted by Gasteiger charge is 2.54. The van der Waals surface area contributed by atoms with Crippen molar-refractivity contribution in [1.29, 1.82) is 0 Å². The molecule has 0 aromatic rings. The number of nitrogens with zero attached hydrogens (tertiary/aromatic N) is 1. The molecule has 108 valence electrons. The van der Waals surface area contributed by atoms with Gasteiger partial charge < -0.3 is 5.11 Å². The van der Waals surface area contributed by atoms with Crippen molar-refractivity contribution in [3.8, 4) is 0 Å². The summed E-state index contributed by atoms with van der Waals surface area (Å²) in [5.41, 5.74) is 0.507. The average molecular weight is 269 g/mol. The van der Waals surface area contributed by atoms with Crippen molar-refractivity contribution in [3.05, 3.63) is 0 Å². The maximum Gasteiger partial charge on any atom is 0.373 e. The summed E-state index contributed by atoms with van der Waals surface area (Å²) >= 11 is 0. The summed E-state index contributed by atoms with van der Waals surface area (Å²) < 4.78 is 0. The summed E-state index contributed by atoms with van der Waals surface area (Å²) in [6.07, 6.45) is 4.26. The number of carbonyl (C=O) groups excluding carboxylic acids is 2. The Morgan fingerprint density at radius 3 is 2.37 bits per heavy atom. The zero-order valence-corrected chi connectivity index (χ0v) is 11.9. The van der Waals surface area contributed by atoms with Crippen molar-refractivity contribution in [2.24, 2.45) is 23.2 Å². The Morgan fingerprint density at radius 2 is 1.95 bits per heavy atom. The number of carbonyl (C=O) groups is 1. The van der Waals surface area contributed by atoms with Gasteiger partial charge in [0.2, 0.25) is 0 Å². The summed E-state index contributed by atoms with van der Waals surface area (Å²) in [6.45, 7) is 5.89. The van der Waals surface area contributed by atoms with Crippen LogP contribution in [0.4, 0.5) is 0 Å². The molecule has 3 saturated carbocycles. The molecule has 0 aromatic carbocycles. The largest absolute Gasteiger partial charge is 0.480 e. The molecule has 0 heterocycles. The number of carboxylic acid groups (broad SMARTS) is 1. The summed E-state index contributed by atoms with van der Waals surface area (Å²) in [6, 6.07) is 0. The van der Waals surface area contributed by atoms with Crippen molar-refractivity contribution >= 4 is 12.1 Å². The molecule has 0 amide bonds. The van der Waals surface area contributed by atoms with E-state index in [-0.39, 0.29) is 12.7 Å². The van der Waals surface area contributed by atoms with Crippen LogP contribution >= 0.6 is 0 Å².